The van der Waals surface area contributed by atoms with E-state index < -0.39 is 78.1 Å². The van der Waals surface area contributed by atoms with Crippen LogP contribution in [0.15, 0.2) is 48.7 Å². The van der Waals surface area contributed by atoms with E-state index in [0.717, 1.165) is 49.7 Å². The molecule has 1 saturated carbocycles. The number of nitrogens with one attached hydrogen (secondary N) is 1. The standard InChI is InChI=1S/C28H23F8N3O5/c1-42-22-12-16(44-28(34,35)36)3-5-21(22)43-23-9-13(17-4-2-14(10-18(17)29)27(31,32)33)8-19(30)24(23)26(41)39-15-6-7-38-20(11-15)25(37)40/h3,5-9,11-12,14,17-18H,2,4,10H2,1H3,(H2,37,40)(H,38,39,41). The van der Waals surface area contributed by atoms with Crippen molar-refractivity contribution in [3.05, 3.63) is 71.3 Å². The first-order valence-electron chi connectivity index (χ1n) is 12.8. The molecule has 0 radical (unpaired) electrons. The number of nitrogens with zero attached hydrogens (tertiary/aromatic N) is 1. The van der Waals surface area contributed by atoms with Gasteiger partial charge in [-0.05, 0) is 61.2 Å². The Morgan fingerprint density at radius 3 is 2.32 bits per heavy atom. The minimum absolute atomic E-state index is 0.0336. The van der Waals surface area contributed by atoms with Crippen LogP contribution in [-0.4, -0.2) is 42.6 Å². The summed E-state index contributed by atoms with van der Waals surface area (Å²) in [4.78, 5) is 28.4. The van der Waals surface area contributed by atoms with E-state index in [0.29, 0.717) is 0 Å². The molecule has 2 aromatic carbocycles. The number of aromatic nitrogens is 1. The number of carbonyl (C=O) groups excluding carboxylic acids is 2. The number of methoxy groups -OCH3 is 1. The fraction of sp³-hybridized carbons (Fsp3) is 0.321. The van der Waals surface area contributed by atoms with E-state index in [1.54, 1.807) is 0 Å². The molecule has 44 heavy (non-hydrogen) atoms. The molecule has 3 atom stereocenters. The highest BCUT2D eigenvalue weighted by molar-refractivity contribution is 6.07. The molecule has 0 aliphatic heterocycles. The maximum absolute atomic E-state index is 15.6. The second-order valence-electron chi connectivity index (χ2n) is 9.76. The molecule has 236 valence electrons. The van der Waals surface area contributed by atoms with Crippen LogP contribution in [0.1, 0.15) is 51.6 Å². The molecule has 1 aromatic heterocycles. The van der Waals surface area contributed by atoms with Crippen LogP contribution in [0, 0.1) is 11.7 Å². The van der Waals surface area contributed by atoms with E-state index >= 15 is 8.78 Å². The normalized spacial score (nSPS) is 18.8. The Morgan fingerprint density at radius 1 is 0.977 bits per heavy atom. The topological polar surface area (TPSA) is 113 Å². The lowest BCUT2D eigenvalue weighted by atomic mass is 9.77. The zero-order valence-electron chi connectivity index (χ0n) is 22.6. The number of alkyl halides is 7. The Kier molecular flexibility index (Phi) is 9.20. The van der Waals surface area contributed by atoms with Gasteiger partial charge in [0, 0.05) is 23.9 Å². The summed E-state index contributed by atoms with van der Waals surface area (Å²) in [5.41, 5.74) is 4.05. The van der Waals surface area contributed by atoms with Crippen LogP contribution in [0.25, 0.3) is 0 Å². The Morgan fingerprint density at radius 2 is 1.70 bits per heavy atom. The number of benzene rings is 2. The van der Waals surface area contributed by atoms with Crippen LogP contribution < -0.4 is 25.3 Å². The van der Waals surface area contributed by atoms with Gasteiger partial charge in [0.15, 0.2) is 11.5 Å². The van der Waals surface area contributed by atoms with Crippen molar-refractivity contribution < 1.29 is 58.9 Å². The third kappa shape index (κ3) is 7.65. The van der Waals surface area contributed by atoms with Crippen LogP contribution >= 0.6 is 0 Å². The van der Waals surface area contributed by atoms with Crippen molar-refractivity contribution in [2.75, 3.05) is 12.4 Å². The number of primary amides is 1. The number of rotatable bonds is 8. The number of carbonyl (C=O) groups is 2. The smallest absolute Gasteiger partial charge is 0.493 e. The van der Waals surface area contributed by atoms with Crippen molar-refractivity contribution in [3.63, 3.8) is 0 Å². The minimum Gasteiger partial charge on any atom is -0.493 e. The summed E-state index contributed by atoms with van der Waals surface area (Å²) in [6.45, 7) is 0. The van der Waals surface area contributed by atoms with Crippen molar-refractivity contribution in [1.29, 1.82) is 0 Å². The molecule has 3 N–H and O–H groups in total. The molecule has 16 heteroatoms. The molecule has 1 aliphatic rings. The molecule has 2 amide bonds. The number of pyridine rings is 1. The van der Waals surface area contributed by atoms with Gasteiger partial charge in [0.05, 0.1) is 13.0 Å². The highest BCUT2D eigenvalue weighted by atomic mass is 19.4. The highest BCUT2D eigenvalue weighted by Crippen LogP contribution is 2.46. The minimum atomic E-state index is -5.04. The second kappa shape index (κ2) is 12.5. The maximum atomic E-state index is 15.6. The number of amides is 2. The fourth-order valence-corrected chi connectivity index (χ4v) is 4.79. The SMILES string of the molecule is COc1cc(OC(F)(F)F)ccc1Oc1cc(C2CCC(C(F)(F)F)CC2F)cc(F)c1C(=O)Nc1ccnc(C(N)=O)c1. The molecule has 4 rings (SSSR count). The summed E-state index contributed by atoms with van der Waals surface area (Å²) in [5, 5.41) is 2.33. The van der Waals surface area contributed by atoms with E-state index in [1.165, 1.54) is 6.07 Å². The van der Waals surface area contributed by atoms with E-state index in [9.17, 15) is 35.9 Å². The number of nitrogens with two attached hydrogens (primary N) is 1. The van der Waals surface area contributed by atoms with Crippen molar-refractivity contribution in [2.45, 2.75) is 43.9 Å². The second-order valence-corrected chi connectivity index (χ2v) is 9.76. The average Bonchev–Trinajstić information content (AvgIpc) is 2.92. The van der Waals surface area contributed by atoms with Gasteiger partial charge in [-0.2, -0.15) is 13.2 Å². The lowest BCUT2D eigenvalue weighted by Gasteiger charge is -2.33. The van der Waals surface area contributed by atoms with E-state index in [1.807, 2.05) is 0 Å². The Hall–Kier alpha value is -4.63. The van der Waals surface area contributed by atoms with Crippen LogP contribution in [0.4, 0.5) is 40.8 Å². The molecule has 1 fully saturated rings. The number of ether oxygens (including phenoxy) is 3. The highest BCUT2D eigenvalue weighted by Gasteiger charge is 2.45. The third-order valence-corrected chi connectivity index (χ3v) is 6.83. The van der Waals surface area contributed by atoms with Crippen LogP contribution in [-0.2, 0) is 0 Å². The molecular weight excluding hydrogens is 610 g/mol. The van der Waals surface area contributed by atoms with E-state index in [4.69, 9.17) is 15.2 Å². The predicted octanol–water partition coefficient (Wildman–Crippen LogP) is 7.06. The van der Waals surface area contributed by atoms with Gasteiger partial charge in [0.25, 0.3) is 11.8 Å². The first-order valence-corrected chi connectivity index (χ1v) is 12.8. The lowest BCUT2D eigenvalue weighted by Crippen LogP contribution is -2.33. The zero-order chi connectivity index (χ0) is 32.4. The quantitative estimate of drug-likeness (QED) is 0.257. The third-order valence-electron chi connectivity index (χ3n) is 6.83. The molecular formula is C28H23F8N3O5. The first kappa shape index (κ1) is 32.3. The van der Waals surface area contributed by atoms with Crippen molar-refractivity contribution >= 4 is 17.5 Å². The summed E-state index contributed by atoms with van der Waals surface area (Å²) in [6, 6.07) is 6.84. The number of anilines is 1. The van der Waals surface area contributed by atoms with Gasteiger partial charge >= 0.3 is 12.5 Å². The molecule has 3 unspecified atom stereocenters. The monoisotopic (exact) mass is 633 g/mol. The van der Waals surface area contributed by atoms with Gasteiger partial charge in [-0.3, -0.25) is 14.6 Å². The largest absolute Gasteiger partial charge is 0.573 e. The summed E-state index contributed by atoms with van der Waals surface area (Å²) in [5.74, 6) is -8.29. The van der Waals surface area contributed by atoms with Gasteiger partial charge in [0.1, 0.15) is 34.7 Å². The Balaban J connectivity index is 1.74. The lowest BCUT2D eigenvalue weighted by molar-refractivity contribution is -0.274. The first-order chi connectivity index (χ1) is 20.6. The number of hydrogen-bond acceptors (Lipinski definition) is 6. The maximum Gasteiger partial charge on any atom is 0.573 e. The van der Waals surface area contributed by atoms with Crippen molar-refractivity contribution in [3.8, 4) is 23.0 Å². The van der Waals surface area contributed by atoms with Crippen molar-refractivity contribution in [2.24, 2.45) is 11.7 Å². The molecule has 8 nitrogen and oxygen atoms in total. The van der Waals surface area contributed by atoms with Gasteiger partial charge in [-0.25, -0.2) is 8.78 Å². The van der Waals surface area contributed by atoms with Gasteiger partial charge in [0.2, 0.25) is 0 Å². The van der Waals surface area contributed by atoms with E-state index in [-0.39, 0.29) is 34.9 Å². The van der Waals surface area contributed by atoms with E-state index in [2.05, 4.69) is 15.0 Å². The van der Waals surface area contributed by atoms with Crippen LogP contribution in [0.3, 0.4) is 0 Å². The van der Waals surface area contributed by atoms with Gasteiger partial charge in [-0.1, -0.05) is 0 Å². The summed E-state index contributed by atoms with van der Waals surface area (Å²) in [7, 11) is 1.08. The Bertz CT molecular complexity index is 1550. The number of halogens is 8. The van der Waals surface area contributed by atoms with Crippen LogP contribution in [0.2, 0.25) is 0 Å². The fourth-order valence-electron chi connectivity index (χ4n) is 4.79. The molecule has 1 heterocycles. The molecule has 0 spiro atoms. The molecule has 0 bridgehead atoms. The Labute approximate surface area is 244 Å². The molecule has 0 saturated heterocycles. The van der Waals surface area contributed by atoms with Gasteiger partial charge in [-0.15, -0.1) is 13.2 Å². The van der Waals surface area contributed by atoms with Gasteiger partial charge < -0.3 is 25.3 Å². The summed E-state index contributed by atoms with van der Waals surface area (Å²) < 4.78 is 123. The zero-order valence-corrected chi connectivity index (χ0v) is 22.6. The molecule has 1 aliphatic carbocycles. The van der Waals surface area contributed by atoms with Crippen LogP contribution in [0.5, 0.6) is 23.0 Å². The average molecular weight is 633 g/mol. The molecule has 3 aromatic rings. The summed E-state index contributed by atoms with van der Waals surface area (Å²) >= 11 is 0. The number of hydrogen-bond donors (Lipinski definition) is 2. The predicted molar refractivity (Wildman–Crippen MR) is 138 cm³/mol. The summed E-state index contributed by atoms with van der Waals surface area (Å²) in [6.07, 6.45) is -12.1. The van der Waals surface area contributed by atoms with Crippen molar-refractivity contribution in [1.82, 2.24) is 4.98 Å².